The summed E-state index contributed by atoms with van der Waals surface area (Å²) in [5, 5.41) is 9.79. The fourth-order valence-corrected chi connectivity index (χ4v) is 2.97. The lowest BCUT2D eigenvalue weighted by Crippen LogP contribution is -2.29. The van der Waals surface area contributed by atoms with Crippen LogP contribution >= 0.6 is 0 Å². The zero-order chi connectivity index (χ0) is 17.1. The van der Waals surface area contributed by atoms with Crippen LogP contribution in [0.1, 0.15) is 35.0 Å². The number of hydrogen-bond donors (Lipinski definition) is 3. The van der Waals surface area contributed by atoms with E-state index in [-0.39, 0.29) is 17.4 Å². The van der Waals surface area contributed by atoms with Crippen LogP contribution in [0.5, 0.6) is 5.75 Å². The Morgan fingerprint density at radius 3 is 3.04 bits per heavy atom. The number of carbonyl (C=O) groups excluding carboxylic acids is 2. The molecule has 0 bridgehead atoms. The number of ether oxygens (including phenoxy) is 1. The minimum absolute atomic E-state index is 0.117. The Labute approximate surface area is 139 Å². The molecule has 0 spiro atoms. The zero-order valence-corrected chi connectivity index (χ0v) is 13.5. The Morgan fingerprint density at radius 2 is 2.29 bits per heavy atom. The summed E-state index contributed by atoms with van der Waals surface area (Å²) in [6, 6.07) is 4.91. The maximum atomic E-state index is 12.6. The molecule has 1 aromatic carbocycles. The Balaban J connectivity index is 1.76. The molecular formula is C17H20N4O3. The van der Waals surface area contributed by atoms with Crippen molar-refractivity contribution < 1.29 is 14.3 Å². The lowest BCUT2D eigenvalue weighted by Gasteiger charge is -2.21. The van der Waals surface area contributed by atoms with Gasteiger partial charge in [0.1, 0.15) is 5.75 Å². The van der Waals surface area contributed by atoms with E-state index >= 15 is 0 Å². The van der Waals surface area contributed by atoms with Gasteiger partial charge in [-0.15, -0.1) is 0 Å². The highest BCUT2D eigenvalue weighted by Gasteiger charge is 2.26. The Morgan fingerprint density at radius 1 is 1.46 bits per heavy atom. The fraction of sp³-hybridized carbons (Fsp3) is 0.353. The molecule has 24 heavy (non-hydrogen) atoms. The van der Waals surface area contributed by atoms with Crippen LogP contribution < -0.4 is 15.8 Å². The van der Waals surface area contributed by atoms with Gasteiger partial charge in [-0.1, -0.05) is 0 Å². The zero-order valence-electron chi connectivity index (χ0n) is 13.5. The number of carbonyl (C=O) groups is 2. The predicted octanol–water partition coefficient (Wildman–Crippen LogP) is 1.65. The molecule has 0 saturated carbocycles. The minimum atomic E-state index is -0.604. The van der Waals surface area contributed by atoms with E-state index in [0.717, 1.165) is 24.1 Å². The van der Waals surface area contributed by atoms with Gasteiger partial charge < -0.3 is 15.8 Å². The average molecular weight is 328 g/mol. The first-order chi connectivity index (χ1) is 11.6. The molecule has 7 nitrogen and oxygen atoms in total. The van der Waals surface area contributed by atoms with Crippen molar-refractivity contribution in [2.45, 2.75) is 26.2 Å². The minimum Gasteiger partial charge on any atom is -0.494 e. The largest absolute Gasteiger partial charge is 0.494 e. The molecule has 0 aliphatic heterocycles. The number of rotatable bonds is 5. The van der Waals surface area contributed by atoms with Crippen LogP contribution in [0.2, 0.25) is 0 Å². The van der Waals surface area contributed by atoms with E-state index in [0.29, 0.717) is 24.5 Å². The van der Waals surface area contributed by atoms with E-state index < -0.39 is 5.91 Å². The van der Waals surface area contributed by atoms with E-state index in [1.807, 2.05) is 6.92 Å². The lowest BCUT2D eigenvalue weighted by atomic mass is 9.87. The van der Waals surface area contributed by atoms with Crippen LogP contribution in [0.4, 0.5) is 5.69 Å². The number of fused-ring (bicyclic) bond motifs is 1. The molecule has 0 fully saturated rings. The van der Waals surface area contributed by atoms with Crippen LogP contribution in [0, 0.1) is 5.92 Å². The van der Waals surface area contributed by atoms with Gasteiger partial charge in [0, 0.05) is 11.6 Å². The first-order valence-electron chi connectivity index (χ1n) is 7.97. The highest BCUT2D eigenvalue weighted by Crippen LogP contribution is 2.27. The number of aryl methyl sites for hydroxylation is 1. The van der Waals surface area contributed by atoms with Gasteiger partial charge in [0.15, 0.2) is 0 Å². The summed E-state index contributed by atoms with van der Waals surface area (Å²) in [5.41, 5.74) is 8.25. The van der Waals surface area contributed by atoms with E-state index in [2.05, 4.69) is 15.5 Å². The summed E-state index contributed by atoms with van der Waals surface area (Å²) >= 11 is 0. The second kappa shape index (κ2) is 6.74. The number of aromatic nitrogens is 2. The molecule has 0 unspecified atom stereocenters. The molecule has 1 aliphatic rings. The third kappa shape index (κ3) is 3.24. The molecule has 4 N–H and O–H groups in total. The van der Waals surface area contributed by atoms with Crippen LogP contribution in [0.3, 0.4) is 0 Å². The fourth-order valence-electron chi connectivity index (χ4n) is 2.97. The highest BCUT2D eigenvalue weighted by molar-refractivity contribution is 6.03. The number of primary amides is 1. The molecule has 1 heterocycles. The molecule has 2 amide bonds. The van der Waals surface area contributed by atoms with Gasteiger partial charge in [0.25, 0.3) is 5.91 Å². The summed E-state index contributed by atoms with van der Waals surface area (Å²) in [4.78, 5) is 24.2. The molecule has 3 rings (SSSR count). The number of H-pyrrole nitrogens is 1. The lowest BCUT2D eigenvalue weighted by molar-refractivity contribution is -0.120. The molecule has 7 heteroatoms. The van der Waals surface area contributed by atoms with Crippen molar-refractivity contribution in [3.05, 3.63) is 41.2 Å². The maximum absolute atomic E-state index is 12.6. The normalized spacial score (nSPS) is 16.3. The Kier molecular flexibility index (Phi) is 4.50. The third-order valence-corrected chi connectivity index (χ3v) is 4.21. The molecular weight excluding hydrogens is 308 g/mol. The topological polar surface area (TPSA) is 110 Å². The molecule has 0 saturated heterocycles. The van der Waals surface area contributed by atoms with Crippen molar-refractivity contribution in [1.82, 2.24) is 10.2 Å². The molecule has 0 radical (unpaired) electrons. The van der Waals surface area contributed by atoms with Crippen molar-refractivity contribution in [3.63, 3.8) is 0 Å². The van der Waals surface area contributed by atoms with Crippen molar-refractivity contribution in [2.75, 3.05) is 11.9 Å². The highest BCUT2D eigenvalue weighted by atomic mass is 16.5. The molecule has 1 aliphatic carbocycles. The molecule has 126 valence electrons. The monoisotopic (exact) mass is 328 g/mol. The van der Waals surface area contributed by atoms with E-state index in [4.69, 9.17) is 10.5 Å². The number of nitrogens with one attached hydrogen (secondary N) is 2. The second-order valence-corrected chi connectivity index (χ2v) is 5.81. The van der Waals surface area contributed by atoms with Gasteiger partial charge in [-0.3, -0.25) is 14.7 Å². The SMILES string of the molecule is CCOc1ccc(NC(=O)[C@H]2CCc3[nH]ncc3C2)c(C(N)=O)c1. The Bertz CT molecular complexity index is 769. The molecule has 1 aromatic heterocycles. The first-order valence-corrected chi connectivity index (χ1v) is 7.97. The standard InChI is InChI=1S/C17H20N4O3/c1-2-24-12-4-6-15(13(8-12)16(18)22)20-17(23)10-3-5-14-11(7-10)9-19-21-14/h4,6,8-10H,2-3,5,7H2,1H3,(H2,18,22)(H,19,21)(H,20,23)/t10-/m0/s1. The van der Waals surface area contributed by atoms with Gasteiger partial charge in [-0.25, -0.2) is 0 Å². The maximum Gasteiger partial charge on any atom is 0.250 e. The van der Waals surface area contributed by atoms with Crippen LogP contribution in [0.25, 0.3) is 0 Å². The van der Waals surface area contributed by atoms with Gasteiger partial charge in [-0.05, 0) is 49.9 Å². The van der Waals surface area contributed by atoms with E-state index in [9.17, 15) is 9.59 Å². The number of amides is 2. The third-order valence-electron chi connectivity index (χ3n) is 4.21. The van der Waals surface area contributed by atoms with Gasteiger partial charge in [-0.2, -0.15) is 5.10 Å². The number of benzene rings is 1. The average Bonchev–Trinajstić information content (AvgIpc) is 3.03. The number of aromatic amines is 1. The van der Waals surface area contributed by atoms with Crippen molar-refractivity contribution >= 4 is 17.5 Å². The van der Waals surface area contributed by atoms with Crippen molar-refractivity contribution in [3.8, 4) is 5.75 Å². The summed E-state index contributed by atoms with van der Waals surface area (Å²) in [5.74, 6) is -0.325. The van der Waals surface area contributed by atoms with Gasteiger partial charge >= 0.3 is 0 Å². The summed E-state index contributed by atoms with van der Waals surface area (Å²) in [7, 11) is 0. The number of nitrogens with zero attached hydrogens (tertiary/aromatic N) is 1. The molecule has 2 aromatic rings. The van der Waals surface area contributed by atoms with Crippen molar-refractivity contribution in [2.24, 2.45) is 11.7 Å². The number of anilines is 1. The van der Waals surface area contributed by atoms with Gasteiger partial charge in [0.2, 0.25) is 5.91 Å². The second-order valence-electron chi connectivity index (χ2n) is 5.81. The summed E-state index contributed by atoms with van der Waals surface area (Å²) in [6.45, 7) is 2.34. The summed E-state index contributed by atoms with van der Waals surface area (Å²) < 4.78 is 5.37. The number of nitrogens with two attached hydrogens (primary N) is 1. The summed E-state index contributed by atoms with van der Waals surface area (Å²) in [6.07, 6.45) is 3.93. The predicted molar refractivity (Wildman–Crippen MR) is 88.9 cm³/mol. The van der Waals surface area contributed by atoms with Gasteiger partial charge in [0.05, 0.1) is 24.1 Å². The van der Waals surface area contributed by atoms with Crippen LogP contribution in [-0.2, 0) is 17.6 Å². The first kappa shape index (κ1) is 16.0. The number of hydrogen-bond acceptors (Lipinski definition) is 4. The van der Waals surface area contributed by atoms with Crippen LogP contribution in [0.15, 0.2) is 24.4 Å². The quantitative estimate of drug-likeness (QED) is 0.775. The van der Waals surface area contributed by atoms with Crippen molar-refractivity contribution in [1.29, 1.82) is 0 Å². The van der Waals surface area contributed by atoms with E-state index in [1.165, 1.54) is 0 Å². The molecule has 1 atom stereocenters. The van der Waals surface area contributed by atoms with E-state index in [1.54, 1.807) is 24.4 Å². The smallest absolute Gasteiger partial charge is 0.250 e. The van der Waals surface area contributed by atoms with Crippen LogP contribution in [-0.4, -0.2) is 28.6 Å². The Hall–Kier alpha value is -2.83.